The minimum Gasteiger partial charge on any atom is -0.871 e. The van der Waals surface area contributed by atoms with Crippen molar-refractivity contribution in [2.24, 2.45) is 0 Å². The number of fused-ring (bicyclic) bond motifs is 3. The summed E-state index contributed by atoms with van der Waals surface area (Å²) in [5, 5.41) is 17.8. The number of ketones is 1. The van der Waals surface area contributed by atoms with Crippen LogP contribution in [-0.2, 0) is 4.79 Å². The van der Waals surface area contributed by atoms with Crippen molar-refractivity contribution in [3.8, 4) is 11.1 Å². The molecule has 1 heterocycles. The third-order valence-corrected chi connectivity index (χ3v) is 6.28. The van der Waals surface area contributed by atoms with Crippen LogP contribution in [0.4, 0.5) is 0 Å². The molecule has 2 aromatic carbocycles. The van der Waals surface area contributed by atoms with Gasteiger partial charge in [-0.2, -0.15) is 0 Å². The van der Waals surface area contributed by atoms with E-state index in [0.29, 0.717) is 11.3 Å². The molecular formula is C27H26N2O2. The summed E-state index contributed by atoms with van der Waals surface area (Å²) in [5.41, 5.74) is 9.43. The molecule has 0 N–H and O–H groups in total. The van der Waals surface area contributed by atoms with E-state index in [1.54, 1.807) is 4.68 Å². The molecule has 3 aromatic rings. The van der Waals surface area contributed by atoms with Crippen LogP contribution >= 0.6 is 0 Å². The number of carbonyl (C=O) groups is 1. The van der Waals surface area contributed by atoms with E-state index in [2.05, 4.69) is 12.1 Å². The van der Waals surface area contributed by atoms with Crippen molar-refractivity contribution < 1.29 is 14.6 Å². The number of hydrogen-bond acceptors (Lipinski definition) is 3. The number of nitrogens with zero attached hydrogens (tertiary/aromatic N) is 2. The zero-order valence-corrected chi connectivity index (χ0v) is 18.8. The van der Waals surface area contributed by atoms with Crippen molar-refractivity contribution in [3.63, 3.8) is 0 Å². The quantitative estimate of drug-likeness (QED) is 0.289. The van der Waals surface area contributed by atoms with Crippen molar-refractivity contribution in [3.05, 3.63) is 93.5 Å². The summed E-state index contributed by atoms with van der Waals surface area (Å²) in [4.78, 5) is 13.1. The highest BCUT2D eigenvalue weighted by molar-refractivity contribution is 6.17. The van der Waals surface area contributed by atoms with Crippen LogP contribution in [0.5, 0.6) is 0 Å². The third kappa shape index (κ3) is 3.19. The second-order valence-corrected chi connectivity index (χ2v) is 8.13. The topological polar surface area (TPSA) is 56.9 Å². The van der Waals surface area contributed by atoms with Crippen molar-refractivity contribution in [1.29, 1.82) is 0 Å². The van der Waals surface area contributed by atoms with Gasteiger partial charge in [-0.1, -0.05) is 54.3 Å². The lowest BCUT2D eigenvalue weighted by molar-refractivity contribution is -0.655. The van der Waals surface area contributed by atoms with E-state index in [-0.39, 0.29) is 11.5 Å². The Morgan fingerprint density at radius 3 is 1.74 bits per heavy atom. The summed E-state index contributed by atoms with van der Waals surface area (Å²) in [6, 6.07) is 16.1. The fourth-order valence-electron chi connectivity index (χ4n) is 4.40. The first-order chi connectivity index (χ1) is 14.7. The lowest BCUT2D eigenvalue weighted by Crippen LogP contribution is -2.45. The molecule has 156 valence electrons. The highest BCUT2D eigenvalue weighted by Crippen LogP contribution is 2.46. The predicted octanol–water partition coefficient (Wildman–Crippen LogP) is 4.22. The summed E-state index contributed by atoms with van der Waals surface area (Å²) < 4.78 is 1.66. The lowest BCUT2D eigenvalue weighted by Gasteiger charge is -2.17. The molecule has 0 radical (unpaired) electrons. The largest absolute Gasteiger partial charge is 0.871 e. The van der Waals surface area contributed by atoms with E-state index in [4.69, 9.17) is 5.10 Å². The van der Waals surface area contributed by atoms with E-state index in [0.717, 1.165) is 50.3 Å². The van der Waals surface area contributed by atoms with Gasteiger partial charge in [-0.05, 0) is 67.1 Å². The van der Waals surface area contributed by atoms with E-state index in [9.17, 15) is 9.90 Å². The average Bonchev–Trinajstić information content (AvgIpc) is 3.07. The van der Waals surface area contributed by atoms with Crippen molar-refractivity contribution >= 4 is 17.1 Å². The zero-order chi connectivity index (χ0) is 22.4. The van der Waals surface area contributed by atoms with Crippen LogP contribution in [0.1, 0.15) is 47.5 Å². The third-order valence-electron chi connectivity index (χ3n) is 6.28. The van der Waals surface area contributed by atoms with Gasteiger partial charge in [0.25, 0.3) is 0 Å². The van der Waals surface area contributed by atoms with Crippen molar-refractivity contribution in [2.75, 3.05) is 0 Å². The molecule has 1 aromatic heterocycles. The highest BCUT2D eigenvalue weighted by Gasteiger charge is 2.34. The van der Waals surface area contributed by atoms with Gasteiger partial charge in [0.05, 0.1) is 5.57 Å². The number of aromatic nitrogens is 2. The standard InChI is InChI=1S/C27H26N2O2/c1-15-16(2)18(4)29(28-17(15)3)27(20(6)31)25(19(5)30)26-23-13-9-7-11-21(23)22-12-8-10-14-24(22)26/h7-14H,1-6H3. The lowest BCUT2D eigenvalue weighted by atomic mass is 9.92. The first kappa shape index (κ1) is 20.7. The molecule has 1 aliphatic rings. The maximum absolute atomic E-state index is 13.1. The van der Waals surface area contributed by atoms with Crippen LogP contribution in [0.15, 0.2) is 59.9 Å². The Balaban J connectivity index is 2.15. The second kappa shape index (κ2) is 7.62. The van der Waals surface area contributed by atoms with Gasteiger partial charge in [0, 0.05) is 23.2 Å². The van der Waals surface area contributed by atoms with E-state index in [1.807, 2.05) is 64.1 Å². The number of rotatable bonds is 3. The van der Waals surface area contributed by atoms with Gasteiger partial charge in [-0.15, -0.1) is 0 Å². The molecule has 1 aliphatic carbocycles. The molecule has 0 atom stereocenters. The number of carbonyl (C=O) groups excluding carboxylic acids is 1. The molecule has 0 fully saturated rings. The van der Waals surface area contributed by atoms with Crippen LogP contribution in [0.25, 0.3) is 22.4 Å². The number of benzene rings is 2. The Hall–Kier alpha value is -3.53. The molecule has 0 spiro atoms. The Kier molecular flexibility index (Phi) is 5.10. The smallest absolute Gasteiger partial charge is 0.237 e. The van der Waals surface area contributed by atoms with Crippen LogP contribution in [0.3, 0.4) is 0 Å². The normalized spacial score (nSPS) is 12.9. The molecule has 0 amide bonds. The van der Waals surface area contributed by atoms with Gasteiger partial charge < -0.3 is 5.11 Å². The Labute approximate surface area is 183 Å². The molecule has 0 saturated heterocycles. The SMILES string of the molecule is CC(=O)C(=C1c2ccccc2-c2ccccc21)/C(=C(/C)[O-])[n+]1nc(C)c(C)c(C)c1C. The van der Waals surface area contributed by atoms with Gasteiger partial charge in [0.15, 0.2) is 5.78 Å². The maximum Gasteiger partial charge on any atom is 0.237 e. The molecule has 0 bridgehead atoms. The summed E-state index contributed by atoms with van der Waals surface area (Å²) in [5.74, 6) is -0.348. The fourth-order valence-corrected chi connectivity index (χ4v) is 4.40. The summed E-state index contributed by atoms with van der Waals surface area (Å²) in [7, 11) is 0. The molecule has 4 nitrogen and oxygen atoms in total. The highest BCUT2D eigenvalue weighted by atomic mass is 16.3. The van der Waals surface area contributed by atoms with Crippen LogP contribution in [0, 0.1) is 27.7 Å². The summed E-state index contributed by atoms with van der Waals surface area (Å²) in [6.07, 6.45) is 0. The molecule has 0 saturated carbocycles. The minimum atomic E-state index is -0.192. The Morgan fingerprint density at radius 1 is 0.806 bits per heavy atom. The fraction of sp³-hybridized carbons (Fsp3) is 0.222. The second-order valence-electron chi connectivity index (χ2n) is 8.13. The molecule has 0 unspecified atom stereocenters. The van der Waals surface area contributed by atoms with E-state index in [1.165, 1.54) is 13.8 Å². The number of aryl methyl sites for hydroxylation is 1. The first-order valence-corrected chi connectivity index (χ1v) is 10.4. The number of allylic oxidation sites excluding steroid dienone is 3. The maximum atomic E-state index is 13.1. The molecular weight excluding hydrogens is 384 g/mol. The van der Waals surface area contributed by atoms with Crippen LogP contribution in [-0.4, -0.2) is 10.9 Å². The molecule has 4 rings (SSSR count). The summed E-state index contributed by atoms with van der Waals surface area (Å²) in [6.45, 7) is 10.9. The summed E-state index contributed by atoms with van der Waals surface area (Å²) >= 11 is 0. The zero-order valence-electron chi connectivity index (χ0n) is 18.8. The number of hydrogen-bond donors (Lipinski definition) is 0. The average molecular weight is 411 g/mol. The molecule has 0 aliphatic heterocycles. The van der Waals surface area contributed by atoms with Crippen LogP contribution < -0.4 is 9.79 Å². The van der Waals surface area contributed by atoms with Crippen molar-refractivity contribution in [1.82, 2.24) is 5.10 Å². The van der Waals surface area contributed by atoms with E-state index < -0.39 is 0 Å². The van der Waals surface area contributed by atoms with Gasteiger partial charge in [-0.25, -0.2) is 0 Å². The predicted molar refractivity (Wildman–Crippen MR) is 121 cm³/mol. The first-order valence-electron chi connectivity index (χ1n) is 10.4. The minimum absolute atomic E-state index is 0.156. The monoisotopic (exact) mass is 410 g/mol. The molecule has 31 heavy (non-hydrogen) atoms. The number of Topliss-reactive ketones (excluding diaryl/α,β-unsaturated/α-hetero) is 1. The van der Waals surface area contributed by atoms with Gasteiger partial charge in [-0.3, -0.25) is 4.79 Å². The van der Waals surface area contributed by atoms with Gasteiger partial charge in [0.1, 0.15) is 5.69 Å². The van der Waals surface area contributed by atoms with Crippen molar-refractivity contribution in [2.45, 2.75) is 41.5 Å². The van der Waals surface area contributed by atoms with E-state index >= 15 is 0 Å². The van der Waals surface area contributed by atoms with Crippen LogP contribution in [0.2, 0.25) is 0 Å². The Morgan fingerprint density at radius 2 is 1.29 bits per heavy atom. The van der Waals surface area contributed by atoms with Gasteiger partial charge in [0.2, 0.25) is 11.4 Å². The Bertz CT molecular complexity index is 1260. The molecule has 4 heteroatoms. The van der Waals surface area contributed by atoms with Gasteiger partial charge >= 0.3 is 0 Å².